The van der Waals surface area contributed by atoms with Crippen LogP contribution in [0.4, 0.5) is 0 Å². The molecule has 1 aromatic heterocycles. The van der Waals surface area contributed by atoms with Gasteiger partial charge < -0.3 is 14.8 Å². The zero-order valence-corrected chi connectivity index (χ0v) is 10.7. The summed E-state index contributed by atoms with van der Waals surface area (Å²) < 4.78 is 5.16. The first-order chi connectivity index (χ1) is 8.60. The van der Waals surface area contributed by atoms with Crippen LogP contribution in [0.1, 0.15) is 42.8 Å². The third-order valence-electron chi connectivity index (χ3n) is 2.81. The minimum Gasteiger partial charge on any atom is -0.481 e. The van der Waals surface area contributed by atoms with Crippen molar-refractivity contribution >= 4 is 11.9 Å². The molecule has 1 aromatic rings. The van der Waals surface area contributed by atoms with Crippen LogP contribution in [0.3, 0.4) is 0 Å². The molecule has 1 heterocycles. The Balaban J connectivity index is 2.57. The smallest absolute Gasteiger partial charge is 0.308 e. The topological polar surface area (TPSA) is 79.5 Å². The predicted octanol–water partition coefficient (Wildman–Crippen LogP) is 2.07. The highest BCUT2D eigenvalue weighted by Gasteiger charge is 2.19. The largest absolute Gasteiger partial charge is 0.481 e. The van der Waals surface area contributed by atoms with Crippen molar-refractivity contribution in [3.8, 4) is 0 Å². The van der Waals surface area contributed by atoms with E-state index in [9.17, 15) is 9.59 Å². The number of aliphatic carboxylic acids is 1. The molecular formula is C13H19NO4. The molecule has 1 unspecified atom stereocenters. The van der Waals surface area contributed by atoms with Gasteiger partial charge in [-0.25, -0.2) is 0 Å². The summed E-state index contributed by atoms with van der Waals surface area (Å²) in [7, 11) is 0. The molecule has 0 fully saturated rings. The normalized spacial score (nSPS) is 12.1. The number of amides is 1. The summed E-state index contributed by atoms with van der Waals surface area (Å²) in [5, 5.41) is 11.6. The van der Waals surface area contributed by atoms with E-state index in [4.69, 9.17) is 9.52 Å². The van der Waals surface area contributed by atoms with Crippen molar-refractivity contribution in [3.05, 3.63) is 23.7 Å². The number of furan rings is 1. The lowest BCUT2D eigenvalue weighted by atomic mass is 10.0. The van der Waals surface area contributed by atoms with Gasteiger partial charge in [0, 0.05) is 13.0 Å². The van der Waals surface area contributed by atoms with Gasteiger partial charge in [0.05, 0.1) is 17.7 Å². The number of hydrogen-bond acceptors (Lipinski definition) is 3. The van der Waals surface area contributed by atoms with Gasteiger partial charge in [-0.15, -0.1) is 0 Å². The van der Waals surface area contributed by atoms with Gasteiger partial charge in [-0.3, -0.25) is 9.59 Å². The molecule has 0 saturated carbocycles. The average Bonchev–Trinajstić information content (AvgIpc) is 2.81. The van der Waals surface area contributed by atoms with Crippen LogP contribution < -0.4 is 5.32 Å². The van der Waals surface area contributed by atoms with Crippen LogP contribution in [0.15, 0.2) is 16.7 Å². The lowest BCUT2D eigenvalue weighted by Gasteiger charge is -2.12. The fourth-order valence-electron chi connectivity index (χ4n) is 1.79. The molecule has 0 aliphatic rings. The van der Waals surface area contributed by atoms with E-state index in [0.717, 1.165) is 6.42 Å². The highest BCUT2D eigenvalue weighted by molar-refractivity contribution is 5.95. The van der Waals surface area contributed by atoms with E-state index >= 15 is 0 Å². The lowest BCUT2D eigenvalue weighted by molar-refractivity contribution is -0.141. The number of aryl methyl sites for hydroxylation is 1. The Morgan fingerprint density at radius 3 is 2.72 bits per heavy atom. The second kappa shape index (κ2) is 6.83. The summed E-state index contributed by atoms with van der Waals surface area (Å²) in [6, 6.07) is 1.60. The maximum atomic E-state index is 11.9. The van der Waals surface area contributed by atoms with E-state index in [2.05, 4.69) is 5.32 Å². The molecule has 0 saturated heterocycles. The van der Waals surface area contributed by atoms with Crippen molar-refractivity contribution in [2.24, 2.45) is 5.92 Å². The molecule has 0 aliphatic heterocycles. The molecular weight excluding hydrogens is 234 g/mol. The van der Waals surface area contributed by atoms with Gasteiger partial charge in [0.25, 0.3) is 5.91 Å². The van der Waals surface area contributed by atoms with Crippen LogP contribution in [0.5, 0.6) is 0 Å². The van der Waals surface area contributed by atoms with Crippen LogP contribution in [-0.4, -0.2) is 23.5 Å². The number of carboxylic acid groups (broad SMARTS) is 1. The van der Waals surface area contributed by atoms with Crippen LogP contribution in [0.25, 0.3) is 0 Å². The first kappa shape index (κ1) is 14.3. The number of carboxylic acids is 1. The predicted molar refractivity (Wildman–Crippen MR) is 66.5 cm³/mol. The molecule has 0 aliphatic carbocycles. The second-order valence-electron chi connectivity index (χ2n) is 4.14. The van der Waals surface area contributed by atoms with Crippen molar-refractivity contribution in [2.75, 3.05) is 6.54 Å². The lowest BCUT2D eigenvalue weighted by Crippen LogP contribution is -2.33. The third-order valence-corrected chi connectivity index (χ3v) is 2.81. The average molecular weight is 253 g/mol. The Morgan fingerprint density at radius 1 is 1.44 bits per heavy atom. The number of rotatable bonds is 7. The van der Waals surface area contributed by atoms with Crippen molar-refractivity contribution in [3.63, 3.8) is 0 Å². The Labute approximate surface area is 106 Å². The molecule has 2 N–H and O–H groups in total. The number of hydrogen-bond donors (Lipinski definition) is 2. The fourth-order valence-corrected chi connectivity index (χ4v) is 1.79. The molecule has 0 radical (unpaired) electrons. The zero-order chi connectivity index (χ0) is 13.5. The summed E-state index contributed by atoms with van der Waals surface area (Å²) in [4.78, 5) is 22.8. The van der Waals surface area contributed by atoms with Gasteiger partial charge in [-0.1, -0.05) is 20.3 Å². The third kappa shape index (κ3) is 3.61. The number of carbonyl (C=O) groups excluding carboxylic acids is 1. The van der Waals surface area contributed by atoms with E-state index in [1.807, 2.05) is 13.8 Å². The Hall–Kier alpha value is -1.78. The first-order valence-corrected chi connectivity index (χ1v) is 6.17. The van der Waals surface area contributed by atoms with E-state index in [-0.39, 0.29) is 12.5 Å². The van der Waals surface area contributed by atoms with Gasteiger partial charge in [-0.2, -0.15) is 0 Å². The fraction of sp³-hybridized carbons (Fsp3) is 0.538. The van der Waals surface area contributed by atoms with Gasteiger partial charge in [0.15, 0.2) is 0 Å². The van der Waals surface area contributed by atoms with E-state index in [1.165, 1.54) is 6.26 Å². The Morgan fingerprint density at radius 2 is 2.17 bits per heavy atom. The molecule has 1 atom stereocenters. The summed E-state index contributed by atoms with van der Waals surface area (Å²) in [6.45, 7) is 3.96. The molecule has 5 nitrogen and oxygen atoms in total. The molecule has 5 heteroatoms. The first-order valence-electron chi connectivity index (χ1n) is 6.17. The molecule has 100 valence electrons. The minimum atomic E-state index is -0.875. The molecule has 0 aromatic carbocycles. The zero-order valence-electron chi connectivity index (χ0n) is 10.7. The second-order valence-corrected chi connectivity index (χ2v) is 4.14. The van der Waals surface area contributed by atoms with Gasteiger partial charge in [0.1, 0.15) is 5.76 Å². The van der Waals surface area contributed by atoms with E-state index in [1.54, 1.807) is 6.07 Å². The Kier molecular flexibility index (Phi) is 5.42. The summed E-state index contributed by atoms with van der Waals surface area (Å²) in [6.07, 6.45) is 3.43. The molecule has 0 spiro atoms. The molecule has 1 amide bonds. The summed E-state index contributed by atoms with van der Waals surface area (Å²) in [5.74, 6) is -1.06. The highest BCUT2D eigenvalue weighted by atomic mass is 16.4. The maximum Gasteiger partial charge on any atom is 0.308 e. The standard InChI is InChI=1S/C13H19NO4/c1-3-5-9(13(16)17)8-14-12(15)10-6-7-18-11(10)4-2/h6-7,9H,3-5,8H2,1-2H3,(H,14,15)(H,16,17). The van der Waals surface area contributed by atoms with E-state index < -0.39 is 11.9 Å². The quantitative estimate of drug-likeness (QED) is 0.779. The van der Waals surface area contributed by atoms with Crippen molar-refractivity contribution in [1.82, 2.24) is 5.32 Å². The van der Waals surface area contributed by atoms with Gasteiger partial charge in [-0.05, 0) is 12.5 Å². The van der Waals surface area contributed by atoms with Crippen LogP contribution >= 0.6 is 0 Å². The molecule has 18 heavy (non-hydrogen) atoms. The number of carbonyl (C=O) groups is 2. The van der Waals surface area contributed by atoms with Crippen LogP contribution in [0.2, 0.25) is 0 Å². The SMILES string of the molecule is CCCC(CNC(=O)c1ccoc1CC)C(=O)O. The summed E-state index contributed by atoms with van der Waals surface area (Å²) >= 11 is 0. The minimum absolute atomic E-state index is 0.149. The van der Waals surface area contributed by atoms with Crippen molar-refractivity contribution in [1.29, 1.82) is 0 Å². The van der Waals surface area contributed by atoms with Gasteiger partial charge in [0.2, 0.25) is 0 Å². The van der Waals surface area contributed by atoms with Crippen molar-refractivity contribution in [2.45, 2.75) is 33.1 Å². The highest BCUT2D eigenvalue weighted by Crippen LogP contribution is 2.11. The molecule has 0 bridgehead atoms. The number of nitrogens with one attached hydrogen (secondary N) is 1. The monoisotopic (exact) mass is 253 g/mol. The molecule has 1 rings (SSSR count). The maximum absolute atomic E-state index is 11.9. The van der Waals surface area contributed by atoms with Crippen molar-refractivity contribution < 1.29 is 19.1 Å². The van der Waals surface area contributed by atoms with Gasteiger partial charge >= 0.3 is 5.97 Å². The van der Waals surface area contributed by atoms with E-state index in [0.29, 0.717) is 24.2 Å². The van der Waals surface area contributed by atoms with Crippen LogP contribution in [-0.2, 0) is 11.2 Å². The Bertz CT molecular complexity index is 411. The summed E-state index contributed by atoms with van der Waals surface area (Å²) in [5.41, 5.74) is 0.484. The van der Waals surface area contributed by atoms with Crippen LogP contribution in [0, 0.1) is 5.92 Å².